The van der Waals surface area contributed by atoms with E-state index in [1.54, 1.807) is 0 Å². The Morgan fingerprint density at radius 2 is 1.81 bits per heavy atom. The fraction of sp³-hybridized carbons (Fsp3) is 0.562. The Bertz CT molecular complexity index is 454. The second-order valence-electron chi connectivity index (χ2n) is 5.78. The Morgan fingerprint density at radius 3 is 2.43 bits per heavy atom. The van der Waals surface area contributed by atoms with Crippen molar-refractivity contribution in [3.8, 4) is 5.75 Å². The van der Waals surface area contributed by atoms with Crippen LogP contribution in [0.15, 0.2) is 24.3 Å². The van der Waals surface area contributed by atoms with Gasteiger partial charge in [-0.1, -0.05) is 0 Å². The molecule has 0 unspecified atom stereocenters. The Labute approximate surface area is 132 Å². The first kappa shape index (κ1) is 16.1. The second-order valence-corrected chi connectivity index (χ2v) is 5.78. The maximum absolute atomic E-state index is 12.1. The average molecular weight is 311 g/mol. The van der Waals surface area contributed by atoms with Crippen molar-refractivity contribution in [2.75, 3.05) is 19.7 Å². The van der Waals surface area contributed by atoms with Crippen LogP contribution in [0.2, 0.25) is 0 Å². The molecule has 0 bridgehead atoms. The minimum absolute atomic E-state index is 0. The molecule has 4 nitrogen and oxygen atoms in total. The predicted octanol–water partition coefficient (Wildman–Crippen LogP) is 2.38. The highest BCUT2D eigenvalue weighted by Gasteiger charge is 2.22. The fourth-order valence-corrected chi connectivity index (χ4v) is 2.44. The van der Waals surface area contributed by atoms with E-state index in [0.29, 0.717) is 11.6 Å². The van der Waals surface area contributed by atoms with Gasteiger partial charge in [0.1, 0.15) is 5.75 Å². The Morgan fingerprint density at radius 1 is 1.14 bits per heavy atom. The van der Waals surface area contributed by atoms with Crippen molar-refractivity contribution in [1.29, 1.82) is 0 Å². The van der Waals surface area contributed by atoms with Crippen molar-refractivity contribution >= 4 is 18.3 Å². The summed E-state index contributed by atoms with van der Waals surface area (Å²) in [4.78, 5) is 12.1. The molecule has 21 heavy (non-hydrogen) atoms. The first-order valence-electron chi connectivity index (χ1n) is 7.56. The molecule has 5 heteroatoms. The Hall–Kier alpha value is -1.26. The summed E-state index contributed by atoms with van der Waals surface area (Å²) in [5, 5.41) is 6.39. The minimum atomic E-state index is 0. The normalized spacial score (nSPS) is 18.7. The molecule has 2 N–H and O–H groups in total. The number of nitrogens with one attached hydrogen (secondary N) is 2. The zero-order valence-corrected chi connectivity index (χ0v) is 13.0. The van der Waals surface area contributed by atoms with Gasteiger partial charge in [0.15, 0.2) is 0 Å². The Balaban J connectivity index is 0.00000161. The van der Waals surface area contributed by atoms with Crippen LogP contribution in [0.4, 0.5) is 0 Å². The molecule has 1 aromatic rings. The van der Waals surface area contributed by atoms with Gasteiger partial charge in [0.05, 0.1) is 6.61 Å². The molecule has 1 saturated heterocycles. The van der Waals surface area contributed by atoms with Gasteiger partial charge >= 0.3 is 0 Å². The van der Waals surface area contributed by atoms with E-state index < -0.39 is 0 Å². The van der Waals surface area contributed by atoms with E-state index in [-0.39, 0.29) is 18.3 Å². The highest BCUT2D eigenvalue weighted by molar-refractivity contribution is 5.94. The van der Waals surface area contributed by atoms with Crippen molar-refractivity contribution in [2.45, 2.75) is 31.7 Å². The molecule has 2 aliphatic rings. The van der Waals surface area contributed by atoms with E-state index in [2.05, 4.69) is 10.6 Å². The lowest BCUT2D eigenvalue weighted by atomic mass is 10.1. The quantitative estimate of drug-likeness (QED) is 0.878. The number of piperidine rings is 1. The lowest BCUT2D eigenvalue weighted by Gasteiger charge is -2.23. The number of rotatable bonds is 5. The first-order chi connectivity index (χ1) is 9.81. The summed E-state index contributed by atoms with van der Waals surface area (Å²) in [6, 6.07) is 7.77. The standard InChI is InChI=1S/C16H22N2O2.ClH/c19-16(18-14-7-9-17-10-8-14)13-3-5-15(6-4-13)20-11-12-1-2-12;/h3-6,12,14,17H,1-2,7-11H2,(H,18,19);1H. The van der Waals surface area contributed by atoms with Crippen LogP contribution in [0, 0.1) is 5.92 Å². The maximum atomic E-state index is 12.1. The molecule has 1 heterocycles. The number of hydrogen-bond acceptors (Lipinski definition) is 3. The summed E-state index contributed by atoms with van der Waals surface area (Å²) in [6.07, 6.45) is 4.59. The number of carbonyl (C=O) groups excluding carboxylic acids is 1. The molecule has 0 spiro atoms. The number of amides is 1. The van der Waals surface area contributed by atoms with Crippen molar-refractivity contribution < 1.29 is 9.53 Å². The number of carbonyl (C=O) groups is 1. The van der Waals surface area contributed by atoms with Crippen LogP contribution in [0.5, 0.6) is 5.75 Å². The van der Waals surface area contributed by atoms with Crippen LogP contribution in [0.3, 0.4) is 0 Å². The molecule has 1 aliphatic heterocycles. The Kier molecular flexibility index (Phi) is 5.88. The third-order valence-electron chi connectivity index (χ3n) is 3.97. The molecular weight excluding hydrogens is 288 g/mol. The number of ether oxygens (including phenoxy) is 1. The predicted molar refractivity (Wildman–Crippen MR) is 85.3 cm³/mol. The molecule has 1 aromatic carbocycles. The van der Waals surface area contributed by atoms with E-state index in [1.165, 1.54) is 12.8 Å². The first-order valence-corrected chi connectivity index (χ1v) is 7.56. The molecule has 1 aliphatic carbocycles. The van der Waals surface area contributed by atoms with Crippen LogP contribution >= 0.6 is 12.4 Å². The van der Waals surface area contributed by atoms with E-state index >= 15 is 0 Å². The van der Waals surface area contributed by atoms with Crippen LogP contribution in [-0.4, -0.2) is 31.6 Å². The van der Waals surface area contributed by atoms with Crippen molar-refractivity contribution in [3.63, 3.8) is 0 Å². The average Bonchev–Trinajstić information content (AvgIpc) is 3.31. The SMILES string of the molecule is Cl.O=C(NC1CCNCC1)c1ccc(OCC2CC2)cc1. The van der Waals surface area contributed by atoms with Crippen LogP contribution < -0.4 is 15.4 Å². The van der Waals surface area contributed by atoms with Crippen LogP contribution in [0.25, 0.3) is 0 Å². The van der Waals surface area contributed by atoms with Crippen molar-refractivity contribution in [2.24, 2.45) is 5.92 Å². The number of halogens is 1. The molecule has 0 aromatic heterocycles. The number of benzene rings is 1. The molecular formula is C16H23ClN2O2. The summed E-state index contributed by atoms with van der Waals surface area (Å²) in [7, 11) is 0. The second kappa shape index (κ2) is 7.66. The van der Waals surface area contributed by atoms with Gasteiger partial charge < -0.3 is 15.4 Å². The van der Waals surface area contributed by atoms with E-state index in [1.807, 2.05) is 24.3 Å². The smallest absolute Gasteiger partial charge is 0.251 e. The molecule has 2 fully saturated rings. The summed E-state index contributed by atoms with van der Waals surface area (Å²) in [6.45, 7) is 2.78. The molecule has 0 radical (unpaired) electrons. The molecule has 0 atom stereocenters. The summed E-state index contributed by atoms with van der Waals surface area (Å²) in [5.41, 5.74) is 0.710. The highest BCUT2D eigenvalue weighted by Crippen LogP contribution is 2.29. The van der Waals surface area contributed by atoms with Gasteiger partial charge in [-0.2, -0.15) is 0 Å². The van der Waals surface area contributed by atoms with Gasteiger partial charge in [-0.25, -0.2) is 0 Å². The van der Waals surface area contributed by atoms with Gasteiger partial charge in [0.2, 0.25) is 0 Å². The zero-order valence-electron chi connectivity index (χ0n) is 12.1. The van der Waals surface area contributed by atoms with Gasteiger partial charge in [-0.3, -0.25) is 4.79 Å². The van der Waals surface area contributed by atoms with Crippen LogP contribution in [0.1, 0.15) is 36.0 Å². The lowest BCUT2D eigenvalue weighted by molar-refractivity contribution is 0.0929. The zero-order chi connectivity index (χ0) is 13.8. The largest absolute Gasteiger partial charge is 0.493 e. The molecule has 3 rings (SSSR count). The summed E-state index contributed by atoms with van der Waals surface area (Å²) >= 11 is 0. The van der Waals surface area contributed by atoms with Crippen molar-refractivity contribution in [1.82, 2.24) is 10.6 Å². The van der Waals surface area contributed by atoms with Crippen molar-refractivity contribution in [3.05, 3.63) is 29.8 Å². The fourth-order valence-electron chi connectivity index (χ4n) is 2.44. The summed E-state index contributed by atoms with van der Waals surface area (Å²) in [5.74, 6) is 1.62. The molecule has 116 valence electrons. The monoisotopic (exact) mass is 310 g/mol. The number of hydrogen-bond donors (Lipinski definition) is 2. The van der Waals surface area contributed by atoms with Gasteiger partial charge in [-0.05, 0) is 69.0 Å². The third-order valence-corrected chi connectivity index (χ3v) is 3.97. The molecule has 1 amide bonds. The van der Waals surface area contributed by atoms with Gasteiger partial charge in [-0.15, -0.1) is 12.4 Å². The van der Waals surface area contributed by atoms with E-state index in [4.69, 9.17) is 4.74 Å². The topological polar surface area (TPSA) is 50.4 Å². The van der Waals surface area contributed by atoms with E-state index in [0.717, 1.165) is 44.2 Å². The van der Waals surface area contributed by atoms with Gasteiger partial charge in [0.25, 0.3) is 5.91 Å². The van der Waals surface area contributed by atoms with Gasteiger partial charge in [0, 0.05) is 11.6 Å². The third kappa shape index (κ3) is 4.90. The van der Waals surface area contributed by atoms with E-state index in [9.17, 15) is 4.79 Å². The van der Waals surface area contributed by atoms with Crippen LogP contribution in [-0.2, 0) is 0 Å². The minimum Gasteiger partial charge on any atom is -0.493 e. The highest BCUT2D eigenvalue weighted by atomic mass is 35.5. The summed E-state index contributed by atoms with van der Waals surface area (Å²) < 4.78 is 5.67. The lowest BCUT2D eigenvalue weighted by Crippen LogP contribution is -2.42. The molecule has 1 saturated carbocycles. The maximum Gasteiger partial charge on any atom is 0.251 e.